The number of benzene rings is 1. The van der Waals surface area contributed by atoms with Crippen LogP contribution in [0.2, 0.25) is 0 Å². The minimum atomic E-state index is -0.201. The van der Waals surface area contributed by atoms with Crippen LogP contribution in [0.25, 0.3) is 0 Å². The smallest absolute Gasteiger partial charge is 0.274 e. The minimum Gasteiger partial charge on any atom is -0.356 e. The molecule has 0 bridgehead atoms. The molecule has 120 valence electrons. The number of aryl methyl sites for hydroxylation is 1. The van der Waals surface area contributed by atoms with Crippen molar-refractivity contribution in [3.8, 4) is 0 Å². The zero-order valence-electron chi connectivity index (χ0n) is 13.6. The number of nitrogens with one attached hydrogen (secondary N) is 1. The molecule has 1 fully saturated rings. The summed E-state index contributed by atoms with van der Waals surface area (Å²) in [5.74, 6) is 1.40. The number of nitrogens with zero attached hydrogens (tertiary/aromatic N) is 3. The molecule has 1 aliphatic heterocycles. The molecule has 0 aliphatic carbocycles. The largest absolute Gasteiger partial charge is 0.356 e. The lowest BCUT2D eigenvalue weighted by molar-refractivity contribution is 0.102. The third kappa shape index (κ3) is 3.67. The van der Waals surface area contributed by atoms with Crippen molar-refractivity contribution >= 4 is 17.4 Å². The Labute approximate surface area is 136 Å². The van der Waals surface area contributed by atoms with Crippen molar-refractivity contribution in [1.82, 2.24) is 9.97 Å². The molecule has 2 heterocycles. The molecule has 1 aromatic heterocycles. The molecule has 5 heteroatoms. The van der Waals surface area contributed by atoms with Crippen LogP contribution in [0.3, 0.4) is 0 Å². The lowest BCUT2D eigenvalue weighted by Crippen LogP contribution is -2.33. The fourth-order valence-electron chi connectivity index (χ4n) is 2.78. The highest BCUT2D eigenvalue weighted by molar-refractivity contribution is 6.03. The summed E-state index contributed by atoms with van der Waals surface area (Å²) in [4.78, 5) is 23.1. The summed E-state index contributed by atoms with van der Waals surface area (Å²) >= 11 is 0. The topological polar surface area (TPSA) is 58.1 Å². The van der Waals surface area contributed by atoms with Crippen molar-refractivity contribution in [3.05, 3.63) is 47.9 Å². The van der Waals surface area contributed by atoms with Gasteiger partial charge in [-0.3, -0.25) is 4.79 Å². The van der Waals surface area contributed by atoms with E-state index < -0.39 is 0 Å². The highest BCUT2D eigenvalue weighted by Crippen LogP contribution is 2.21. The van der Waals surface area contributed by atoms with Crippen LogP contribution in [0.15, 0.2) is 36.7 Å². The molecule has 0 spiro atoms. The molecule has 2 aromatic rings. The van der Waals surface area contributed by atoms with Gasteiger partial charge in [0, 0.05) is 24.8 Å². The molecule has 1 N–H and O–H groups in total. The molecule has 0 unspecified atom stereocenters. The Morgan fingerprint density at radius 2 is 1.96 bits per heavy atom. The highest BCUT2D eigenvalue weighted by atomic mass is 16.1. The molecule has 1 aliphatic rings. The molecule has 0 atom stereocenters. The monoisotopic (exact) mass is 310 g/mol. The molecule has 0 saturated carbocycles. The fourth-order valence-corrected chi connectivity index (χ4v) is 2.78. The second kappa shape index (κ2) is 6.77. The Balaban J connectivity index is 1.74. The van der Waals surface area contributed by atoms with Gasteiger partial charge in [-0.1, -0.05) is 25.1 Å². The van der Waals surface area contributed by atoms with Crippen molar-refractivity contribution in [1.29, 1.82) is 0 Å². The molecule has 0 radical (unpaired) electrons. The van der Waals surface area contributed by atoms with Crippen LogP contribution in [-0.2, 0) is 0 Å². The second-order valence-electron chi connectivity index (χ2n) is 6.20. The number of piperidine rings is 1. The summed E-state index contributed by atoms with van der Waals surface area (Å²) < 4.78 is 0. The maximum Gasteiger partial charge on any atom is 0.274 e. The van der Waals surface area contributed by atoms with E-state index in [9.17, 15) is 4.79 Å². The van der Waals surface area contributed by atoms with Gasteiger partial charge in [0.15, 0.2) is 0 Å². The van der Waals surface area contributed by atoms with Gasteiger partial charge < -0.3 is 10.2 Å². The van der Waals surface area contributed by atoms with E-state index >= 15 is 0 Å². The van der Waals surface area contributed by atoms with Crippen LogP contribution in [0.1, 0.15) is 35.8 Å². The summed E-state index contributed by atoms with van der Waals surface area (Å²) in [6.07, 6.45) is 3.80. The fraction of sp³-hybridized carbons (Fsp3) is 0.389. The number of para-hydroxylation sites is 1. The van der Waals surface area contributed by atoms with Crippen LogP contribution < -0.4 is 10.2 Å². The van der Waals surface area contributed by atoms with Crippen LogP contribution in [0.5, 0.6) is 0 Å². The van der Waals surface area contributed by atoms with Gasteiger partial charge in [0.05, 0.1) is 0 Å². The van der Waals surface area contributed by atoms with Gasteiger partial charge in [-0.15, -0.1) is 0 Å². The summed E-state index contributed by atoms with van der Waals surface area (Å²) in [7, 11) is 0. The summed E-state index contributed by atoms with van der Waals surface area (Å²) in [6.45, 7) is 6.21. The van der Waals surface area contributed by atoms with E-state index in [0.717, 1.165) is 48.9 Å². The Hall–Kier alpha value is -2.43. The maximum atomic E-state index is 12.4. The molecule has 1 amide bonds. The van der Waals surface area contributed by atoms with Crippen molar-refractivity contribution in [3.63, 3.8) is 0 Å². The number of rotatable bonds is 3. The Morgan fingerprint density at radius 3 is 2.70 bits per heavy atom. The van der Waals surface area contributed by atoms with E-state index in [4.69, 9.17) is 0 Å². The van der Waals surface area contributed by atoms with Gasteiger partial charge >= 0.3 is 0 Å². The summed E-state index contributed by atoms with van der Waals surface area (Å²) in [5.41, 5.74) is 2.24. The zero-order chi connectivity index (χ0) is 16.2. The third-order valence-electron chi connectivity index (χ3n) is 4.39. The van der Waals surface area contributed by atoms with Gasteiger partial charge in [-0.25, -0.2) is 9.97 Å². The van der Waals surface area contributed by atoms with Gasteiger partial charge in [0.1, 0.15) is 17.8 Å². The van der Waals surface area contributed by atoms with Crippen molar-refractivity contribution in [2.45, 2.75) is 26.7 Å². The predicted molar refractivity (Wildman–Crippen MR) is 91.8 cm³/mol. The number of hydrogen-bond donors (Lipinski definition) is 1. The molecule has 1 saturated heterocycles. The average Bonchev–Trinajstić information content (AvgIpc) is 2.58. The minimum absolute atomic E-state index is 0.201. The van der Waals surface area contributed by atoms with E-state index in [0.29, 0.717) is 5.69 Å². The SMILES string of the molecule is Cc1ccccc1NC(=O)c1cc(N2CCC(C)CC2)ncn1. The number of carbonyl (C=O) groups is 1. The van der Waals surface area contributed by atoms with Crippen LogP contribution >= 0.6 is 0 Å². The Bertz CT molecular complexity index is 693. The molecule has 23 heavy (non-hydrogen) atoms. The lowest BCUT2D eigenvalue weighted by Gasteiger charge is -2.31. The normalized spacial score (nSPS) is 15.5. The quantitative estimate of drug-likeness (QED) is 0.945. The van der Waals surface area contributed by atoms with Gasteiger partial charge in [-0.05, 0) is 37.3 Å². The number of carbonyl (C=O) groups excluding carboxylic acids is 1. The van der Waals surface area contributed by atoms with E-state index in [2.05, 4.69) is 27.1 Å². The van der Waals surface area contributed by atoms with E-state index in [1.807, 2.05) is 31.2 Å². The number of anilines is 2. The average molecular weight is 310 g/mol. The Kier molecular flexibility index (Phi) is 4.55. The van der Waals surface area contributed by atoms with Crippen LogP contribution in [0.4, 0.5) is 11.5 Å². The number of aromatic nitrogens is 2. The first-order valence-corrected chi connectivity index (χ1v) is 8.07. The molecule has 5 nitrogen and oxygen atoms in total. The lowest BCUT2D eigenvalue weighted by atomic mass is 9.99. The van der Waals surface area contributed by atoms with Gasteiger partial charge in [-0.2, -0.15) is 0 Å². The van der Waals surface area contributed by atoms with Crippen LogP contribution in [0, 0.1) is 12.8 Å². The Morgan fingerprint density at radius 1 is 1.22 bits per heavy atom. The first-order valence-electron chi connectivity index (χ1n) is 8.07. The molecule has 3 rings (SSSR count). The second-order valence-corrected chi connectivity index (χ2v) is 6.20. The van der Waals surface area contributed by atoms with Crippen molar-refractivity contribution in [2.24, 2.45) is 5.92 Å². The van der Waals surface area contributed by atoms with Crippen molar-refractivity contribution < 1.29 is 4.79 Å². The molecular weight excluding hydrogens is 288 g/mol. The maximum absolute atomic E-state index is 12.4. The highest BCUT2D eigenvalue weighted by Gasteiger charge is 2.18. The van der Waals surface area contributed by atoms with Gasteiger partial charge in [0.25, 0.3) is 5.91 Å². The van der Waals surface area contributed by atoms with Crippen molar-refractivity contribution in [2.75, 3.05) is 23.3 Å². The summed E-state index contributed by atoms with van der Waals surface area (Å²) in [5, 5.41) is 2.92. The van der Waals surface area contributed by atoms with E-state index in [1.165, 1.54) is 6.33 Å². The first kappa shape index (κ1) is 15.5. The predicted octanol–water partition coefficient (Wildman–Crippen LogP) is 3.27. The van der Waals surface area contributed by atoms with E-state index in [1.54, 1.807) is 6.07 Å². The van der Waals surface area contributed by atoms with E-state index in [-0.39, 0.29) is 5.91 Å². The van der Waals surface area contributed by atoms with Gasteiger partial charge in [0.2, 0.25) is 0 Å². The zero-order valence-corrected chi connectivity index (χ0v) is 13.6. The standard InChI is InChI=1S/C18H22N4O/c1-13-7-9-22(10-8-13)17-11-16(19-12-20-17)18(23)21-15-6-4-3-5-14(15)2/h3-6,11-13H,7-10H2,1-2H3,(H,21,23). The molecular formula is C18H22N4O. The number of hydrogen-bond acceptors (Lipinski definition) is 4. The van der Waals surface area contributed by atoms with Crippen LogP contribution in [-0.4, -0.2) is 29.0 Å². The first-order chi connectivity index (χ1) is 11.1. The number of amides is 1. The molecule has 1 aromatic carbocycles. The third-order valence-corrected chi connectivity index (χ3v) is 4.39. The summed E-state index contributed by atoms with van der Waals surface area (Å²) in [6, 6.07) is 9.49.